The lowest BCUT2D eigenvalue weighted by atomic mass is 10.2. The molecule has 1 aromatic rings. The van der Waals surface area contributed by atoms with Gasteiger partial charge in [-0.2, -0.15) is 0 Å². The van der Waals surface area contributed by atoms with Crippen LogP contribution < -0.4 is 10.6 Å². The molecule has 2 rings (SSSR count). The smallest absolute Gasteiger partial charge is 0.251 e. The van der Waals surface area contributed by atoms with Crippen LogP contribution in [0.5, 0.6) is 5.75 Å². The Morgan fingerprint density at radius 2 is 2.41 bits per heavy atom. The number of carbonyl (C=O) groups excluding carboxylic acids is 1. The number of hydrogen-bond donors (Lipinski definition) is 3. The third kappa shape index (κ3) is 3.32. The molecule has 4 nitrogen and oxygen atoms in total. The van der Waals surface area contributed by atoms with E-state index < -0.39 is 0 Å². The van der Waals surface area contributed by atoms with Crippen LogP contribution in [0.25, 0.3) is 0 Å². The molecule has 1 atom stereocenters. The van der Waals surface area contributed by atoms with Gasteiger partial charge < -0.3 is 15.7 Å². The van der Waals surface area contributed by atoms with Gasteiger partial charge in [-0.15, -0.1) is 0 Å². The molecule has 17 heavy (non-hydrogen) atoms. The quantitative estimate of drug-likeness (QED) is 0.727. The van der Waals surface area contributed by atoms with Crippen LogP contribution in [0.3, 0.4) is 0 Å². The summed E-state index contributed by atoms with van der Waals surface area (Å²) in [6.45, 7) is 1.68. The van der Waals surface area contributed by atoms with Crippen molar-refractivity contribution in [3.8, 4) is 5.75 Å². The van der Waals surface area contributed by atoms with Gasteiger partial charge in [0.25, 0.3) is 5.91 Å². The molecular weight excluding hydrogens is 331 g/mol. The predicted octanol–water partition coefficient (Wildman–Crippen LogP) is 1.48. The molecule has 0 bridgehead atoms. The minimum Gasteiger partial charge on any atom is -0.507 e. The Bertz CT molecular complexity index is 417. The normalized spacial score (nSPS) is 19.2. The molecule has 1 aromatic carbocycles. The van der Waals surface area contributed by atoms with Gasteiger partial charge in [0.1, 0.15) is 5.75 Å². The first-order valence-electron chi connectivity index (χ1n) is 5.67. The Balaban J connectivity index is 1.92. The van der Waals surface area contributed by atoms with Crippen molar-refractivity contribution in [3.05, 3.63) is 27.3 Å². The maximum Gasteiger partial charge on any atom is 0.251 e. The number of phenols is 1. The number of carbonyl (C=O) groups is 1. The summed E-state index contributed by atoms with van der Waals surface area (Å²) in [6.07, 6.45) is 2.28. The Morgan fingerprint density at radius 3 is 3.06 bits per heavy atom. The maximum absolute atomic E-state index is 11.8. The first kappa shape index (κ1) is 12.6. The molecule has 0 spiro atoms. The van der Waals surface area contributed by atoms with Gasteiger partial charge in [-0.05, 0) is 60.2 Å². The molecule has 0 radical (unpaired) electrons. The van der Waals surface area contributed by atoms with Crippen LogP contribution in [0.1, 0.15) is 23.2 Å². The summed E-state index contributed by atoms with van der Waals surface area (Å²) < 4.78 is 0.747. The van der Waals surface area contributed by atoms with Crippen molar-refractivity contribution >= 4 is 28.5 Å². The highest BCUT2D eigenvalue weighted by molar-refractivity contribution is 14.1. The summed E-state index contributed by atoms with van der Waals surface area (Å²) >= 11 is 2.02. The summed E-state index contributed by atoms with van der Waals surface area (Å²) in [5.41, 5.74) is 0.501. The highest BCUT2D eigenvalue weighted by Crippen LogP contribution is 2.20. The van der Waals surface area contributed by atoms with Crippen molar-refractivity contribution in [2.24, 2.45) is 0 Å². The second-order valence-electron chi connectivity index (χ2n) is 4.17. The van der Waals surface area contributed by atoms with Crippen molar-refractivity contribution in [2.75, 3.05) is 13.1 Å². The van der Waals surface area contributed by atoms with Crippen LogP contribution in [0.2, 0.25) is 0 Å². The largest absolute Gasteiger partial charge is 0.507 e. The zero-order valence-corrected chi connectivity index (χ0v) is 11.5. The number of nitrogens with one attached hydrogen (secondary N) is 2. The number of halogens is 1. The fourth-order valence-electron chi connectivity index (χ4n) is 1.90. The topological polar surface area (TPSA) is 61.4 Å². The number of amides is 1. The third-order valence-electron chi connectivity index (χ3n) is 2.88. The van der Waals surface area contributed by atoms with E-state index in [0.717, 1.165) is 16.5 Å². The van der Waals surface area contributed by atoms with E-state index in [-0.39, 0.29) is 11.7 Å². The molecule has 0 aliphatic carbocycles. The molecule has 92 valence electrons. The van der Waals surface area contributed by atoms with E-state index in [1.807, 2.05) is 22.6 Å². The van der Waals surface area contributed by atoms with E-state index >= 15 is 0 Å². The molecular formula is C12H15IN2O2. The second kappa shape index (κ2) is 5.68. The standard InChI is InChI=1S/C12H15IN2O2/c13-10-4-3-8(6-11(10)16)12(17)15-7-9-2-1-5-14-9/h3-4,6,9,14,16H,1-2,5,7H2,(H,15,17). The van der Waals surface area contributed by atoms with Gasteiger partial charge >= 0.3 is 0 Å². The molecule has 5 heteroatoms. The summed E-state index contributed by atoms with van der Waals surface area (Å²) in [7, 11) is 0. The molecule has 3 N–H and O–H groups in total. The van der Waals surface area contributed by atoms with E-state index in [1.54, 1.807) is 12.1 Å². The summed E-state index contributed by atoms with van der Waals surface area (Å²) in [4.78, 5) is 11.8. The minimum atomic E-state index is -0.134. The van der Waals surface area contributed by atoms with Crippen molar-refractivity contribution in [3.63, 3.8) is 0 Å². The Labute approximate surface area is 114 Å². The first-order chi connectivity index (χ1) is 8.16. The van der Waals surface area contributed by atoms with E-state index in [4.69, 9.17) is 0 Å². The lowest BCUT2D eigenvalue weighted by molar-refractivity contribution is 0.0950. The summed E-state index contributed by atoms with van der Waals surface area (Å²) in [5, 5.41) is 15.7. The fourth-order valence-corrected chi connectivity index (χ4v) is 2.24. The molecule has 0 aromatic heterocycles. The average Bonchev–Trinajstić information content (AvgIpc) is 2.82. The van der Waals surface area contributed by atoms with Gasteiger partial charge in [0.15, 0.2) is 0 Å². The summed E-state index contributed by atoms with van der Waals surface area (Å²) in [6, 6.07) is 5.34. The van der Waals surface area contributed by atoms with Crippen LogP contribution in [0.4, 0.5) is 0 Å². The Kier molecular flexibility index (Phi) is 4.22. The van der Waals surface area contributed by atoms with E-state index in [0.29, 0.717) is 18.2 Å². The molecule has 1 aliphatic rings. The van der Waals surface area contributed by atoms with Gasteiger partial charge in [-0.1, -0.05) is 0 Å². The third-order valence-corrected chi connectivity index (χ3v) is 3.79. The SMILES string of the molecule is O=C(NCC1CCCN1)c1ccc(I)c(O)c1. The molecule has 1 amide bonds. The van der Waals surface area contributed by atoms with E-state index in [1.165, 1.54) is 12.5 Å². The molecule has 1 aliphatic heterocycles. The van der Waals surface area contributed by atoms with Crippen molar-refractivity contribution < 1.29 is 9.90 Å². The van der Waals surface area contributed by atoms with Crippen molar-refractivity contribution in [1.82, 2.24) is 10.6 Å². The molecule has 1 saturated heterocycles. The van der Waals surface area contributed by atoms with Crippen LogP contribution in [0, 0.1) is 3.57 Å². The highest BCUT2D eigenvalue weighted by Gasteiger charge is 2.15. The molecule has 1 unspecified atom stereocenters. The van der Waals surface area contributed by atoms with Crippen LogP contribution in [-0.2, 0) is 0 Å². The number of aromatic hydroxyl groups is 1. The Morgan fingerprint density at radius 1 is 1.59 bits per heavy atom. The van der Waals surface area contributed by atoms with Gasteiger partial charge in [0.05, 0.1) is 3.57 Å². The average molecular weight is 346 g/mol. The van der Waals surface area contributed by atoms with Gasteiger partial charge in [-0.25, -0.2) is 0 Å². The number of rotatable bonds is 3. The van der Waals surface area contributed by atoms with Gasteiger partial charge in [0, 0.05) is 18.2 Å². The first-order valence-corrected chi connectivity index (χ1v) is 6.75. The number of phenolic OH excluding ortho intramolecular Hbond substituents is 1. The van der Waals surface area contributed by atoms with E-state index in [2.05, 4.69) is 10.6 Å². The van der Waals surface area contributed by atoms with Crippen LogP contribution in [-0.4, -0.2) is 30.1 Å². The van der Waals surface area contributed by atoms with Crippen molar-refractivity contribution in [2.45, 2.75) is 18.9 Å². The lowest BCUT2D eigenvalue weighted by Gasteiger charge is -2.11. The van der Waals surface area contributed by atoms with Crippen LogP contribution >= 0.6 is 22.6 Å². The monoisotopic (exact) mass is 346 g/mol. The zero-order chi connectivity index (χ0) is 12.3. The van der Waals surface area contributed by atoms with E-state index in [9.17, 15) is 9.90 Å². The minimum absolute atomic E-state index is 0.134. The lowest BCUT2D eigenvalue weighted by Crippen LogP contribution is -2.37. The Hall–Kier alpha value is -0.820. The highest BCUT2D eigenvalue weighted by atomic mass is 127. The fraction of sp³-hybridized carbons (Fsp3) is 0.417. The predicted molar refractivity (Wildman–Crippen MR) is 74.2 cm³/mol. The molecule has 1 fully saturated rings. The molecule has 0 saturated carbocycles. The van der Waals surface area contributed by atoms with Crippen molar-refractivity contribution in [1.29, 1.82) is 0 Å². The molecule has 1 heterocycles. The van der Waals surface area contributed by atoms with Gasteiger partial charge in [-0.3, -0.25) is 4.79 Å². The maximum atomic E-state index is 11.8. The number of benzene rings is 1. The van der Waals surface area contributed by atoms with Gasteiger partial charge in [0.2, 0.25) is 0 Å². The van der Waals surface area contributed by atoms with Crippen LogP contribution in [0.15, 0.2) is 18.2 Å². The zero-order valence-electron chi connectivity index (χ0n) is 9.37. The second-order valence-corrected chi connectivity index (χ2v) is 5.33. The summed E-state index contributed by atoms with van der Waals surface area (Å²) in [5.74, 6) is 0.0163. The number of hydrogen-bond acceptors (Lipinski definition) is 3.